The number of carbonyl (C=O) groups excluding carboxylic acids is 12. The Morgan fingerprint density at radius 2 is 1.04 bits per heavy atom. The number of hydrogen-bond acceptors (Lipinski definition) is 25. The van der Waals surface area contributed by atoms with Gasteiger partial charge in [-0.05, 0) is 105 Å². The van der Waals surface area contributed by atoms with E-state index in [-0.39, 0.29) is 167 Å². The first-order valence-electron chi connectivity index (χ1n) is 32.0. The van der Waals surface area contributed by atoms with Gasteiger partial charge in [0.2, 0.25) is 0 Å². The van der Waals surface area contributed by atoms with Crippen LogP contribution in [-0.2, 0) is 119 Å². The molecule has 26 atom stereocenters. The Morgan fingerprint density at radius 1 is 0.473 bits per heavy atom. The van der Waals surface area contributed by atoms with Gasteiger partial charge in [0.05, 0.1) is 40.6 Å². The predicted octanol–water partition coefficient (Wildman–Crippen LogP) is 5.36. The number of fused-ring (bicyclic) bond motifs is 8. The molecular formula is C68H80O25. The molecule has 502 valence electrons. The molecule has 0 aromatic carbocycles. The van der Waals surface area contributed by atoms with Gasteiger partial charge >= 0.3 is 71.6 Å². The first kappa shape index (κ1) is 66.5. The van der Waals surface area contributed by atoms with Gasteiger partial charge in [0.1, 0.15) is 66.6 Å². The minimum atomic E-state index is -0.594. The zero-order chi connectivity index (χ0) is 67.1. The summed E-state index contributed by atoms with van der Waals surface area (Å²) in [6, 6.07) is 0. The van der Waals surface area contributed by atoms with Crippen LogP contribution in [0.5, 0.6) is 0 Å². The topological polar surface area (TPSA) is 325 Å². The van der Waals surface area contributed by atoms with Gasteiger partial charge in [-0.2, -0.15) is 0 Å². The molecule has 8 aliphatic heterocycles. The third-order valence-corrected chi connectivity index (χ3v) is 22.1. The molecule has 0 aromatic rings. The maximum Gasteiger partial charge on any atom is 0.333 e. The standard InChI is InChI=1S/2C12H14O4.C12H16O4.C11H12O4.C11H14O4.C10H10O5/c1-3-9(13)15-10-6-4-7-8(5-6)12(10,2)16-11(7)14;1-3-8(13)15-9-6-4-7-10(9)16-11(14)12(7,2)5-6;1-7(2)10(13)15-8-4-5-12(3)6-9(8)16-11(12)14;1-2-8(12)14-9-5-3-6-7(4-5)11(13)15-10(6)9;1-6(2)10(12)14-8-4-3-7-5-9(8)15-11(7)13;1-2-6(11)14-8-5-3-4-7(13-5)9(8)15-10(4)12/h3,6-8,10H,1,4-5H2,2H3;3,6-7,9-10H,1,4-5H2,2H3;8-9H,1,4-6H2,2-3H3;2,5-7,9-10H,1,3-4H2;7-9H,1,3-5H2,2H3;2,4-5,7-9H,1,3H2. The van der Waals surface area contributed by atoms with Crippen LogP contribution in [0.3, 0.4) is 0 Å². The summed E-state index contributed by atoms with van der Waals surface area (Å²) in [4.78, 5) is 136. The van der Waals surface area contributed by atoms with Crippen molar-refractivity contribution in [3.05, 3.63) is 74.9 Å². The van der Waals surface area contributed by atoms with Crippen molar-refractivity contribution >= 4 is 71.6 Å². The largest absolute Gasteiger partial charge is 0.458 e. The minimum absolute atomic E-state index is 0.0229. The number of carbonyl (C=O) groups is 12. The molecule has 0 spiro atoms. The lowest BCUT2D eigenvalue weighted by molar-refractivity contribution is -0.170. The molecule has 16 aliphatic rings. The van der Waals surface area contributed by atoms with E-state index in [1.165, 1.54) is 0 Å². The lowest BCUT2D eigenvalue weighted by atomic mass is 9.75. The molecule has 93 heavy (non-hydrogen) atoms. The van der Waals surface area contributed by atoms with E-state index in [0.29, 0.717) is 49.2 Å². The van der Waals surface area contributed by atoms with E-state index in [4.69, 9.17) is 61.6 Å². The molecular weight excluding hydrogens is 1220 g/mol. The van der Waals surface area contributed by atoms with Gasteiger partial charge in [-0.1, -0.05) is 39.5 Å². The Balaban J connectivity index is 0.000000114. The van der Waals surface area contributed by atoms with E-state index in [2.05, 4.69) is 39.5 Å². The van der Waals surface area contributed by atoms with Crippen LogP contribution >= 0.6 is 0 Å². The van der Waals surface area contributed by atoms with Crippen LogP contribution in [-0.4, -0.2) is 157 Å². The number of ether oxygens (including phenoxy) is 13. The van der Waals surface area contributed by atoms with Gasteiger partial charge in [0.15, 0.2) is 12.2 Å². The minimum Gasteiger partial charge on any atom is -0.458 e. The Morgan fingerprint density at radius 3 is 1.68 bits per heavy atom. The van der Waals surface area contributed by atoms with Gasteiger partial charge < -0.3 is 61.6 Å². The second-order valence-electron chi connectivity index (χ2n) is 28.0. The highest BCUT2D eigenvalue weighted by Crippen LogP contribution is 2.63. The Hall–Kier alpha value is -7.96. The van der Waals surface area contributed by atoms with Crippen molar-refractivity contribution in [2.45, 2.75) is 203 Å². The van der Waals surface area contributed by atoms with Crippen molar-refractivity contribution in [3.63, 3.8) is 0 Å². The Bertz CT molecular complexity index is 3170. The summed E-state index contributed by atoms with van der Waals surface area (Å²) in [6.45, 7) is 29.4. The molecule has 0 aromatic heterocycles. The van der Waals surface area contributed by atoms with Crippen molar-refractivity contribution in [1.82, 2.24) is 0 Å². The highest BCUT2D eigenvalue weighted by Gasteiger charge is 2.72. The van der Waals surface area contributed by atoms with Crippen molar-refractivity contribution in [2.24, 2.45) is 70.0 Å². The second kappa shape index (κ2) is 25.4. The van der Waals surface area contributed by atoms with Crippen LogP contribution in [0.1, 0.15) is 118 Å². The Labute approximate surface area is 536 Å². The molecule has 8 saturated carbocycles. The number of esters is 12. The summed E-state index contributed by atoms with van der Waals surface area (Å²) in [5.41, 5.74) is -0.536. The molecule has 25 nitrogen and oxygen atoms in total. The molecule has 16 fully saturated rings. The average Bonchev–Trinajstić information content (AvgIpc) is 1.56. The summed E-state index contributed by atoms with van der Waals surface area (Å²) in [5, 5.41) is 0. The molecule has 8 heterocycles. The summed E-state index contributed by atoms with van der Waals surface area (Å²) in [6.07, 6.45) is 11.0. The van der Waals surface area contributed by atoms with Gasteiger partial charge in [0.25, 0.3) is 0 Å². The van der Waals surface area contributed by atoms with Crippen molar-refractivity contribution in [3.8, 4) is 0 Å². The van der Waals surface area contributed by atoms with E-state index < -0.39 is 53.6 Å². The van der Waals surface area contributed by atoms with Crippen molar-refractivity contribution in [1.29, 1.82) is 0 Å². The predicted molar refractivity (Wildman–Crippen MR) is 313 cm³/mol. The van der Waals surface area contributed by atoms with Gasteiger partial charge in [-0.25, -0.2) is 28.8 Å². The molecule has 25 heteroatoms. The summed E-state index contributed by atoms with van der Waals surface area (Å²) < 4.78 is 68.5. The first-order valence-corrected chi connectivity index (χ1v) is 32.0. The maximum atomic E-state index is 11.7. The summed E-state index contributed by atoms with van der Waals surface area (Å²) in [5.74, 6) is -1.91. The first-order chi connectivity index (χ1) is 44.0. The molecule has 0 radical (unpaired) electrons. The lowest BCUT2D eigenvalue weighted by Crippen LogP contribution is -2.46. The molecule has 0 N–H and O–H groups in total. The highest BCUT2D eigenvalue weighted by atomic mass is 16.7. The quantitative estimate of drug-likeness (QED) is 0.135. The molecule has 26 unspecified atom stereocenters. The van der Waals surface area contributed by atoms with Crippen molar-refractivity contribution in [2.75, 3.05) is 0 Å². The zero-order valence-electron chi connectivity index (χ0n) is 52.7. The normalized spacial score (nSPS) is 42.8. The van der Waals surface area contributed by atoms with Gasteiger partial charge in [0, 0.05) is 83.8 Å². The van der Waals surface area contributed by atoms with Crippen molar-refractivity contribution < 1.29 is 119 Å². The van der Waals surface area contributed by atoms with Crippen LogP contribution in [0.2, 0.25) is 0 Å². The lowest BCUT2D eigenvalue weighted by Gasteiger charge is -2.33. The maximum absolute atomic E-state index is 11.7. The van der Waals surface area contributed by atoms with Gasteiger partial charge in [-0.3, -0.25) is 28.8 Å². The Kier molecular flexibility index (Phi) is 18.2. The second-order valence-corrected chi connectivity index (χ2v) is 28.0. The number of rotatable bonds is 12. The molecule has 12 bridgehead atoms. The summed E-state index contributed by atoms with van der Waals surface area (Å²) >= 11 is 0. The van der Waals surface area contributed by atoms with Crippen LogP contribution in [0.25, 0.3) is 0 Å². The van der Waals surface area contributed by atoms with Gasteiger partial charge in [-0.15, -0.1) is 0 Å². The molecule has 8 saturated heterocycles. The van der Waals surface area contributed by atoms with Crippen LogP contribution < -0.4 is 0 Å². The fraction of sp³-hybridized carbons (Fsp3) is 0.647. The van der Waals surface area contributed by atoms with Crippen LogP contribution in [0.15, 0.2) is 74.9 Å². The van der Waals surface area contributed by atoms with E-state index in [9.17, 15) is 57.5 Å². The summed E-state index contributed by atoms with van der Waals surface area (Å²) in [7, 11) is 0. The van der Waals surface area contributed by atoms with E-state index in [0.717, 1.165) is 75.7 Å². The third kappa shape index (κ3) is 12.1. The highest BCUT2D eigenvalue weighted by molar-refractivity contribution is 5.88. The third-order valence-electron chi connectivity index (χ3n) is 22.1. The van der Waals surface area contributed by atoms with E-state index >= 15 is 0 Å². The monoisotopic (exact) mass is 1300 g/mol. The fourth-order valence-corrected chi connectivity index (χ4v) is 17.5. The smallest absolute Gasteiger partial charge is 0.333 e. The molecule has 8 aliphatic carbocycles. The molecule has 16 rings (SSSR count). The molecule has 0 amide bonds. The number of hydrogen-bond donors (Lipinski definition) is 0. The zero-order valence-corrected chi connectivity index (χ0v) is 52.7. The van der Waals surface area contributed by atoms with E-state index in [1.54, 1.807) is 13.8 Å². The average molecular weight is 1300 g/mol. The van der Waals surface area contributed by atoms with E-state index in [1.807, 2.05) is 20.8 Å². The fourth-order valence-electron chi connectivity index (χ4n) is 17.5. The SMILES string of the molecule is C=C(C)C(=O)OC1CCC2(C)CC1OC2=O.C=C(C)C(=O)OC1CCC2CC1OC2=O.C=CC(=O)OC1C2CC3C(=O)OC1(C)C3C2.C=CC(=O)OC1C2CC3C(=O)OC1C3C2.C=CC(=O)OC1C2CC3C(=O)OC1C3O2.C=CC(=O)OC1C2CC3C1OC(=O)C3(C)C2. The van der Waals surface area contributed by atoms with Crippen LogP contribution in [0, 0.1) is 70.0 Å². The van der Waals surface area contributed by atoms with Crippen LogP contribution in [0.4, 0.5) is 0 Å².